The first-order valence-electron chi connectivity index (χ1n) is 10.7. The second-order valence-electron chi connectivity index (χ2n) is 10.5. The molecular weight excluding hydrogens is 360 g/mol. The summed E-state index contributed by atoms with van der Waals surface area (Å²) < 4.78 is 11.4. The lowest BCUT2D eigenvalue weighted by Crippen LogP contribution is -2.49. The van der Waals surface area contributed by atoms with Crippen LogP contribution in [-0.4, -0.2) is 23.5 Å². The lowest BCUT2D eigenvalue weighted by Gasteiger charge is -2.46. The van der Waals surface area contributed by atoms with E-state index in [9.17, 15) is 9.59 Å². The third-order valence-electron chi connectivity index (χ3n) is 6.79. The summed E-state index contributed by atoms with van der Waals surface area (Å²) in [5.74, 6) is 0. The molecule has 0 aromatic rings. The van der Waals surface area contributed by atoms with Gasteiger partial charge in [-0.1, -0.05) is 54.4 Å². The van der Waals surface area contributed by atoms with Crippen LogP contribution < -0.4 is 0 Å². The lowest BCUT2D eigenvalue weighted by molar-refractivity contribution is -0.252. The van der Waals surface area contributed by atoms with E-state index >= 15 is 0 Å². The minimum atomic E-state index is -0.984. The maximum absolute atomic E-state index is 12.3. The molecule has 0 aliphatic heterocycles. The molecule has 2 rings (SSSR count). The molecule has 0 unspecified atom stereocenters. The van der Waals surface area contributed by atoms with Crippen LogP contribution in [0.3, 0.4) is 0 Å². The van der Waals surface area contributed by atoms with Crippen LogP contribution in [0.1, 0.15) is 106 Å². The first kappa shape index (κ1) is 22.8. The summed E-state index contributed by atoms with van der Waals surface area (Å²) >= 11 is 0. The molecule has 0 N–H and O–H groups in total. The molecule has 0 amide bonds. The average Bonchev–Trinajstić information content (AvgIpc) is 2.60. The monoisotopic (exact) mass is 398 g/mol. The Morgan fingerprint density at radius 2 is 0.857 bits per heavy atom. The Kier molecular flexibility index (Phi) is 6.93. The molecule has 2 fully saturated rings. The maximum atomic E-state index is 12.3. The van der Waals surface area contributed by atoms with Crippen LogP contribution in [-0.2, 0) is 19.2 Å². The summed E-state index contributed by atoms with van der Waals surface area (Å²) in [7, 11) is 0. The van der Waals surface area contributed by atoms with Crippen LogP contribution >= 0.6 is 0 Å². The molecule has 0 aromatic heterocycles. The van der Waals surface area contributed by atoms with Crippen LogP contribution in [0.4, 0.5) is 9.59 Å². The third kappa shape index (κ3) is 5.12. The van der Waals surface area contributed by atoms with Crippen LogP contribution in [0, 0.1) is 10.8 Å². The summed E-state index contributed by atoms with van der Waals surface area (Å²) in [6.07, 6.45) is 7.43. The van der Waals surface area contributed by atoms with Crippen molar-refractivity contribution in [3.05, 3.63) is 0 Å². The summed E-state index contributed by atoms with van der Waals surface area (Å²) in [6.45, 7) is 12.3. The van der Waals surface area contributed by atoms with Crippen molar-refractivity contribution in [2.45, 2.75) is 117 Å². The van der Waals surface area contributed by atoms with Crippen molar-refractivity contribution in [2.24, 2.45) is 10.8 Å². The van der Waals surface area contributed by atoms with Crippen molar-refractivity contribution in [1.82, 2.24) is 0 Å². The molecule has 0 spiro atoms. The zero-order valence-electron chi connectivity index (χ0n) is 18.5. The summed E-state index contributed by atoms with van der Waals surface area (Å²) in [4.78, 5) is 33.9. The fourth-order valence-corrected chi connectivity index (χ4v) is 4.68. The lowest BCUT2D eigenvalue weighted by atomic mass is 9.68. The molecule has 2 aliphatic rings. The van der Waals surface area contributed by atoms with Crippen LogP contribution in [0.5, 0.6) is 0 Å². The zero-order valence-corrected chi connectivity index (χ0v) is 18.5. The van der Waals surface area contributed by atoms with Crippen molar-refractivity contribution in [2.75, 3.05) is 0 Å². The van der Waals surface area contributed by atoms with Gasteiger partial charge in [-0.15, -0.1) is 0 Å². The van der Waals surface area contributed by atoms with E-state index in [1.54, 1.807) is 0 Å². The van der Waals surface area contributed by atoms with E-state index in [1.807, 2.05) is 0 Å². The number of hydrogen-bond acceptors (Lipinski definition) is 6. The predicted molar refractivity (Wildman–Crippen MR) is 106 cm³/mol. The van der Waals surface area contributed by atoms with Gasteiger partial charge in [-0.3, -0.25) is 0 Å². The summed E-state index contributed by atoms with van der Waals surface area (Å²) in [5.41, 5.74) is -1.67. The van der Waals surface area contributed by atoms with Crippen LogP contribution in [0.2, 0.25) is 0 Å². The van der Waals surface area contributed by atoms with Gasteiger partial charge in [0, 0.05) is 10.8 Å². The SMILES string of the molecule is CC(C)(C)C1(OC(=O)OOC(=O)OC2(C(C)(C)C)CCCCC2)CCCCC1. The molecule has 0 radical (unpaired) electrons. The molecule has 162 valence electrons. The van der Waals surface area contributed by atoms with Crippen LogP contribution in [0.15, 0.2) is 0 Å². The van der Waals surface area contributed by atoms with Gasteiger partial charge < -0.3 is 9.47 Å². The van der Waals surface area contributed by atoms with Crippen molar-refractivity contribution in [3.8, 4) is 0 Å². The van der Waals surface area contributed by atoms with E-state index in [0.717, 1.165) is 64.2 Å². The van der Waals surface area contributed by atoms with Crippen molar-refractivity contribution < 1.29 is 28.8 Å². The standard InChI is InChI=1S/C22H38O6/c1-19(2,3)21(13-9-7-10-14-21)25-17(23)27-28-18(24)26-22(20(4,5)6)15-11-8-12-16-22/h7-16H2,1-6H3. The molecule has 0 saturated heterocycles. The Hall–Kier alpha value is -1.46. The van der Waals surface area contributed by atoms with Gasteiger partial charge in [0.2, 0.25) is 0 Å². The fourth-order valence-electron chi connectivity index (χ4n) is 4.68. The van der Waals surface area contributed by atoms with Gasteiger partial charge in [0.15, 0.2) is 0 Å². The second-order valence-corrected chi connectivity index (χ2v) is 10.5. The van der Waals surface area contributed by atoms with Crippen molar-refractivity contribution >= 4 is 12.3 Å². The average molecular weight is 399 g/mol. The van der Waals surface area contributed by atoms with E-state index < -0.39 is 23.5 Å². The van der Waals surface area contributed by atoms with Crippen molar-refractivity contribution in [1.29, 1.82) is 0 Å². The van der Waals surface area contributed by atoms with E-state index in [1.165, 1.54) is 0 Å². The maximum Gasteiger partial charge on any atom is 0.550 e. The number of carbonyl (C=O) groups is 2. The molecule has 0 atom stereocenters. The molecule has 0 bridgehead atoms. The highest BCUT2D eigenvalue weighted by Gasteiger charge is 2.48. The highest BCUT2D eigenvalue weighted by atomic mass is 17.3. The topological polar surface area (TPSA) is 71.1 Å². The minimum Gasteiger partial charge on any atom is -0.425 e. The fraction of sp³-hybridized carbons (Fsp3) is 0.909. The number of carbonyl (C=O) groups excluding carboxylic acids is 2. The van der Waals surface area contributed by atoms with Crippen molar-refractivity contribution in [3.63, 3.8) is 0 Å². The van der Waals surface area contributed by atoms with E-state index in [2.05, 4.69) is 41.5 Å². The molecule has 2 aliphatic carbocycles. The molecule has 6 heteroatoms. The normalized spacial score (nSPS) is 22.1. The number of rotatable bonds is 2. The van der Waals surface area contributed by atoms with E-state index in [-0.39, 0.29) is 10.8 Å². The van der Waals surface area contributed by atoms with E-state index in [4.69, 9.17) is 19.2 Å². The Morgan fingerprint density at radius 3 is 1.11 bits per heavy atom. The van der Waals surface area contributed by atoms with Gasteiger partial charge in [0.25, 0.3) is 0 Å². The number of ether oxygens (including phenoxy) is 2. The van der Waals surface area contributed by atoms with Gasteiger partial charge >= 0.3 is 12.3 Å². The minimum absolute atomic E-state index is 0.231. The zero-order chi connectivity index (χ0) is 21.1. The third-order valence-corrected chi connectivity index (χ3v) is 6.79. The summed E-state index contributed by atoms with van der Waals surface area (Å²) in [6, 6.07) is 0. The highest BCUT2D eigenvalue weighted by molar-refractivity contribution is 5.64. The van der Waals surface area contributed by atoms with Gasteiger partial charge in [-0.05, 0) is 51.4 Å². The quantitative estimate of drug-likeness (QED) is 0.292. The largest absolute Gasteiger partial charge is 0.550 e. The second kappa shape index (κ2) is 8.50. The Morgan fingerprint density at radius 1 is 0.571 bits per heavy atom. The molecular formula is C22H38O6. The van der Waals surface area contributed by atoms with Crippen LogP contribution in [0.25, 0.3) is 0 Å². The smallest absolute Gasteiger partial charge is 0.425 e. The molecule has 28 heavy (non-hydrogen) atoms. The predicted octanol–water partition coefficient (Wildman–Crippen LogP) is 6.71. The molecule has 6 nitrogen and oxygen atoms in total. The Balaban J connectivity index is 1.93. The van der Waals surface area contributed by atoms with Gasteiger partial charge in [-0.25, -0.2) is 0 Å². The van der Waals surface area contributed by atoms with Gasteiger partial charge in [0.05, 0.1) is 0 Å². The van der Waals surface area contributed by atoms with Gasteiger partial charge in [0.1, 0.15) is 11.2 Å². The first-order chi connectivity index (χ1) is 12.9. The van der Waals surface area contributed by atoms with Gasteiger partial charge in [-0.2, -0.15) is 19.4 Å². The Labute approximate surface area is 169 Å². The number of hydrogen-bond donors (Lipinski definition) is 0. The summed E-state index contributed by atoms with van der Waals surface area (Å²) in [5, 5.41) is 0. The molecule has 2 saturated carbocycles. The highest BCUT2D eigenvalue weighted by Crippen LogP contribution is 2.46. The molecule has 0 heterocycles. The first-order valence-corrected chi connectivity index (χ1v) is 10.7. The van der Waals surface area contributed by atoms with E-state index in [0.29, 0.717) is 0 Å². The molecule has 0 aromatic carbocycles. The Bertz CT molecular complexity index is 492.